The monoisotopic (exact) mass is 341 g/mol. The average Bonchev–Trinajstić information content (AvgIpc) is 2.62. The first-order chi connectivity index (χ1) is 11.9. The van der Waals surface area contributed by atoms with Gasteiger partial charge in [-0.1, -0.05) is 48.9 Å². The third-order valence-electron chi connectivity index (χ3n) is 5.27. The van der Waals surface area contributed by atoms with E-state index >= 15 is 0 Å². The van der Waals surface area contributed by atoms with Crippen LogP contribution in [0.4, 0.5) is 4.39 Å². The number of hydrogen-bond donors (Lipinski definition) is 1. The molecule has 1 aliphatic rings. The van der Waals surface area contributed by atoms with Crippen molar-refractivity contribution in [3.63, 3.8) is 0 Å². The molecule has 0 bridgehead atoms. The zero-order valence-electron chi connectivity index (χ0n) is 14.7. The molecule has 25 heavy (non-hydrogen) atoms. The van der Waals surface area contributed by atoms with Crippen LogP contribution in [0.3, 0.4) is 0 Å². The summed E-state index contributed by atoms with van der Waals surface area (Å²) in [5.41, 5.74) is 1.02. The summed E-state index contributed by atoms with van der Waals surface area (Å²) in [4.78, 5) is 15.3. The fourth-order valence-corrected chi connectivity index (χ4v) is 3.59. The summed E-state index contributed by atoms with van der Waals surface area (Å²) in [6, 6.07) is 13.3. The fraction of sp³-hybridized carbons (Fsp3) is 0.381. The van der Waals surface area contributed by atoms with Crippen LogP contribution in [0.5, 0.6) is 0 Å². The van der Waals surface area contributed by atoms with Crippen LogP contribution in [0.1, 0.15) is 34.8 Å². The molecule has 0 aromatic heterocycles. The first-order valence-corrected chi connectivity index (χ1v) is 8.75. The molecule has 132 valence electrons. The summed E-state index contributed by atoms with van der Waals surface area (Å²) in [5, 5.41) is 11.4. The zero-order chi connectivity index (χ0) is 18.0. The van der Waals surface area contributed by atoms with E-state index in [1.54, 1.807) is 12.1 Å². The van der Waals surface area contributed by atoms with E-state index in [9.17, 15) is 14.3 Å². The molecule has 2 aromatic rings. The molecule has 2 aromatic carbocycles. The standard InChI is InChI=1S/C21H24FNO2/c1-3-23-13-12-21(25,17-8-10-18(22)11-9-17)19(14-23)20(24)16-6-4-15(2)5-7-16/h4-11,19,25H,3,12-14H2,1-2H3. The van der Waals surface area contributed by atoms with Crippen molar-refractivity contribution in [2.24, 2.45) is 5.92 Å². The van der Waals surface area contributed by atoms with Gasteiger partial charge in [0.25, 0.3) is 0 Å². The molecule has 0 saturated carbocycles. The van der Waals surface area contributed by atoms with Gasteiger partial charge in [0.2, 0.25) is 0 Å². The molecule has 1 saturated heterocycles. The van der Waals surface area contributed by atoms with Gasteiger partial charge in [-0.3, -0.25) is 4.79 Å². The van der Waals surface area contributed by atoms with E-state index < -0.39 is 11.5 Å². The Morgan fingerprint density at radius 2 is 1.84 bits per heavy atom. The molecule has 1 aliphatic heterocycles. The normalized spacial score (nSPS) is 24.2. The lowest BCUT2D eigenvalue weighted by molar-refractivity contribution is -0.0632. The zero-order valence-corrected chi connectivity index (χ0v) is 14.7. The molecular formula is C21H24FNO2. The van der Waals surface area contributed by atoms with Crippen molar-refractivity contribution in [1.82, 2.24) is 4.90 Å². The van der Waals surface area contributed by atoms with Gasteiger partial charge >= 0.3 is 0 Å². The number of hydrogen-bond acceptors (Lipinski definition) is 3. The van der Waals surface area contributed by atoms with Gasteiger partial charge in [0.1, 0.15) is 11.4 Å². The molecule has 0 aliphatic carbocycles. The lowest BCUT2D eigenvalue weighted by Gasteiger charge is -2.44. The van der Waals surface area contributed by atoms with Crippen molar-refractivity contribution in [2.45, 2.75) is 25.9 Å². The van der Waals surface area contributed by atoms with Gasteiger partial charge in [0, 0.05) is 18.7 Å². The highest BCUT2D eigenvalue weighted by Crippen LogP contribution is 2.39. The largest absolute Gasteiger partial charge is 0.384 e. The Hall–Kier alpha value is -2.04. The second-order valence-electron chi connectivity index (χ2n) is 6.86. The highest BCUT2D eigenvalue weighted by atomic mass is 19.1. The number of piperidine rings is 1. The molecule has 1 N–H and O–H groups in total. The van der Waals surface area contributed by atoms with Crippen molar-refractivity contribution in [2.75, 3.05) is 19.6 Å². The van der Waals surface area contributed by atoms with Gasteiger partial charge in [-0.2, -0.15) is 0 Å². The van der Waals surface area contributed by atoms with Gasteiger partial charge in [0.15, 0.2) is 5.78 Å². The molecule has 0 amide bonds. The van der Waals surface area contributed by atoms with Gasteiger partial charge < -0.3 is 10.0 Å². The van der Waals surface area contributed by atoms with Crippen LogP contribution < -0.4 is 0 Å². The van der Waals surface area contributed by atoms with E-state index in [1.807, 2.05) is 31.2 Å². The van der Waals surface area contributed by atoms with Crippen LogP contribution in [0.25, 0.3) is 0 Å². The Morgan fingerprint density at radius 1 is 1.20 bits per heavy atom. The van der Waals surface area contributed by atoms with Crippen molar-refractivity contribution < 1.29 is 14.3 Å². The molecule has 3 nitrogen and oxygen atoms in total. The van der Waals surface area contributed by atoms with Crippen LogP contribution in [-0.4, -0.2) is 35.4 Å². The van der Waals surface area contributed by atoms with Crippen molar-refractivity contribution >= 4 is 5.78 Å². The summed E-state index contributed by atoms with van der Waals surface area (Å²) < 4.78 is 13.3. The molecule has 3 rings (SSSR count). The molecule has 0 spiro atoms. The fourth-order valence-electron chi connectivity index (χ4n) is 3.59. The van der Waals surface area contributed by atoms with Crippen molar-refractivity contribution in [3.8, 4) is 0 Å². The maximum Gasteiger partial charge on any atom is 0.170 e. The van der Waals surface area contributed by atoms with E-state index in [0.717, 1.165) is 12.1 Å². The third kappa shape index (κ3) is 3.51. The number of Topliss-reactive ketones (excluding diaryl/α,β-unsaturated/α-hetero) is 1. The lowest BCUT2D eigenvalue weighted by atomic mass is 9.72. The number of benzene rings is 2. The highest BCUT2D eigenvalue weighted by Gasteiger charge is 2.46. The number of rotatable bonds is 4. The Balaban J connectivity index is 1.98. The Bertz CT molecular complexity index is 741. The van der Waals surface area contributed by atoms with Crippen LogP contribution in [0, 0.1) is 18.7 Å². The molecular weight excluding hydrogens is 317 g/mol. The summed E-state index contributed by atoms with van der Waals surface area (Å²) in [6.07, 6.45) is 0.453. The molecule has 4 heteroatoms. The minimum absolute atomic E-state index is 0.0648. The Labute approximate surface area is 148 Å². The number of likely N-dealkylation sites (tertiary alicyclic amines) is 1. The van der Waals surface area contributed by atoms with Gasteiger partial charge in [-0.15, -0.1) is 0 Å². The minimum Gasteiger partial charge on any atom is -0.384 e. The topological polar surface area (TPSA) is 40.5 Å². The van der Waals surface area contributed by atoms with E-state index in [4.69, 9.17) is 0 Å². The SMILES string of the molecule is CCN1CCC(O)(c2ccc(F)cc2)C(C(=O)c2ccc(C)cc2)C1. The van der Waals surface area contributed by atoms with Crippen molar-refractivity contribution in [1.29, 1.82) is 0 Å². The molecule has 2 unspecified atom stereocenters. The number of nitrogens with zero attached hydrogens (tertiary/aromatic N) is 1. The predicted molar refractivity (Wildman–Crippen MR) is 96.0 cm³/mol. The molecule has 0 radical (unpaired) electrons. The molecule has 2 atom stereocenters. The average molecular weight is 341 g/mol. The minimum atomic E-state index is -1.28. The van der Waals surface area contributed by atoms with Crippen LogP contribution in [-0.2, 0) is 5.60 Å². The molecule has 1 fully saturated rings. The Morgan fingerprint density at radius 3 is 2.44 bits per heavy atom. The van der Waals surface area contributed by atoms with Crippen LogP contribution in [0.15, 0.2) is 48.5 Å². The predicted octanol–water partition coefficient (Wildman–Crippen LogP) is 3.55. The van der Waals surface area contributed by atoms with Crippen LogP contribution in [0.2, 0.25) is 0 Å². The highest BCUT2D eigenvalue weighted by molar-refractivity contribution is 5.99. The van der Waals surface area contributed by atoms with Crippen molar-refractivity contribution in [3.05, 3.63) is 71.0 Å². The summed E-state index contributed by atoms with van der Waals surface area (Å²) in [5.74, 6) is -0.987. The number of carbonyl (C=O) groups excluding carboxylic acids is 1. The van der Waals surface area contributed by atoms with E-state index in [0.29, 0.717) is 30.6 Å². The Kier molecular flexibility index (Phi) is 5.02. The van der Waals surface area contributed by atoms with Gasteiger partial charge in [0.05, 0.1) is 5.92 Å². The number of ketones is 1. The summed E-state index contributed by atoms with van der Waals surface area (Å²) in [6.45, 7) is 6.06. The second-order valence-corrected chi connectivity index (χ2v) is 6.86. The smallest absolute Gasteiger partial charge is 0.170 e. The van der Waals surface area contributed by atoms with Gasteiger partial charge in [-0.05, 0) is 37.6 Å². The van der Waals surface area contributed by atoms with E-state index in [2.05, 4.69) is 11.8 Å². The van der Waals surface area contributed by atoms with E-state index in [1.165, 1.54) is 12.1 Å². The summed E-state index contributed by atoms with van der Waals surface area (Å²) in [7, 11) is 0. The van der Waals surface area contributed by atoms with Crippen LogP contribution >= 0.6 is 0 Å². The lowest BCUT2D eigenvalue weighted by Crippen LogP contribution is -2.53. The van der Waals surface area contributed by atoms with Gasteiger partial charge in [-0.25, -0.2) is 4.39 Å². The van der Waals surface area contributed by atoms with E-state index in [-0.39, 0.29) is 11.6 Å². The number of carbonyl (C=O) groups is 1. The summed E-state index contributed by atoms with van der Waals surface area (Å²) >= 11 is 0. The maximum atomic E-state index is 13.3. The number of halogens is 1. The molecule has 1 heterocycles. The number of aliphatic hydroxyl groups is 1. The second kappa shape index (κ2) is 7.06. The first kappa shape index (κ1) is 17.8. The maximum absolute atomic E-state index is 13.3. The third-order valence-corrected chi connectivity index (χ3v) is 5.27. The quantitative estimate of drug-likeness (QED) is 0.865. The number of aryl methyl sites for hydroxylation is 1. The first-order valence-electron chi connectivity index (χ1n) is 8.75.